The summed E-state index contributed by atoms with van der Waals surface area (Å²) in [5.41, 5.74) is -0.867. The first kappa shape index (κ1) is 12.6. The predicted octanol–water partition coefficient (Wildman–Crippen LogP) is 2.40. The first-order valence-corrected chi connectivity index (χ1v) is 5.11. The van der Waals surface area contributed by atoms with Crippen LogP contribution in [0.4, 0.5) is 13.2 Å². The lowest BCUT2D eigenvalue weighted by atomic mass is 10.0. The Morgan fingerprint density at radius 2 is 1.83 bits per heavy atom. The van der Waals surface area contributed by atoms with Gasteiger partial charge in [-0.25, -0.2) is 0 Å². The molecule has 0 saturated carbocycles. The first-order valence-electron chi connectivity index (χ1n) is 4.73. The van der Waals surface area contributed by atoms with Gasteiger partial charge in [-0.2, -0.15) is 13.2 Å². The molecule has 0 radical (unpaired) electrons. The molecule has 0 spiro atoms. The van der Waals surface area contributed by atoms with E-state index in [1.807, 2.05) is 5.32 Å². The molecule has 0 bridgehead atoms. The zero-order valence-corrected chi connectivity index (χ0v) is 9.39. The molecule has 94 valence electrons. The fourth-order valence-electron chi connectivity index (χ4n) is 1.52. The van der Waals surface area contributed by atoms with Crippen LogP contribution >= 0.6 is 11.6 Å². The van der Waals surface area contributed by atoms with Crippen LogP contribution < -0.4 is 5.32 Å². The van der Waals surface area contributed by atoms with E-state index in [2.05, 4.69) is 0 Å². The number of rotatable bonds is 1. The number of hydrogen-bond acceptors (Lipinski definition) is 2. The van der Waals surface area contributed by atoms with E-state index in [1.54, 1.807) is 0 Å². The minimum Gasteiger partial charge on any atom is -0.289 e. The van der Waals surface area contributed by atoms with Crippen molar-refractivity contribution < 1.29 is 22.8 Å². The van der Waals surface area contributed by atoms with E-state index in [0.29, 0.717) is 6.07 Å². The molecular formula is C11H5ClF3NO2. The summed E-state index contributed by atoms with van der Waals surface area (Å²) in [5.74, 6) is -1.30. The van der Waals surface area contributed by atoms with Crippen LogP contribution in [0.3, 0.4) is 0 Å². The zero-order valence-electron chi connectivity index (χ0n) is 8.64. The van der Waals surface area contributed by atoms with Crippen LogP contribution in [0.5, 0.6) is 0 Å². The Bertz CT molecular complexity index is 578. The summed E-state index contributed by atoms with van der Waals surface area (Å²) >= 11 is 5.70. The molecule has 0 aromatic heterocycles. The number of imide groups is 1. The molecule has 1 heterocycles. The van der Waals surface area contributed by atoms with Crippen molar-refractivity contribution in [3.63, 3.8) is 0 Å². The zero-order chi connectivity index (χ0) is 13.5. The van der Waals surface area contributed by atoms with Crippen LogP contribution in [0.1, 0.15) is 11.1 Å². The minimum absolute atomic E-state index is 0.0428. The Morgan fingerprint density at radius 3 is 2.28 bits per heavy atom. The molecule has 1 aromatic carbocycles. The highest BCUT2D eigenvalue weighted by molar-refractivity contribution is 6.39. The van der Waals surface area contributed by atoms with E-state index in [1.165, 1.54) is 0 Å². The van der Waals surface area contributed by atoms with E-state index >= 15 is 0 Å². The lowest BCUT2D eigenvalue weighted by Crippen LogP contribution is -2.21. The van der Waals surface area contributed by atoms with E-state index in [9.17, 15) is 22.8 Å². The van der Waals surface area contributed by atoms with Gasteiger partial charge >= 0.3 is 6.18 Å². The Balaban J connectivity index is 2.46. The van der Waals surface area contributed by atoms with E-state index in [0.717, 1.165) is 18.2 Å². The molecule has 0 unspecified atom stereocenters. The van der Waals surface area contributed by atoms with Gasteiger partial charge in [-0.3, -0.25) is 14.9 Å². The number of halogens is 4. The summed E-state index contributed by atoms with van der Waals surface area (Å²) < 4.78 is 37.2. The Morgan fingerprint density at radius 1 is 1.17 bits per heavy atom. The van der Waals surface area contributed by atoms with Crippen molar-refractivity contribution in [1.82, 2.24) is 5.32 Å². The highest BCUT2D eigenvalue weighted by atomic mass is 35.5. The highest BCUT2D eigenvalue weighted by Gasteiger charge is 2.32. The second-order valence-electron chi connectivity index (χ2n) is 3.57. The molecule has 2 amide bonds. The van der Waals surface area contributed by atoms with Gasteiger partial charge in [0.05, 0.1) is 11.1 Å². The predicted molar refractivity (Wildman–Crippen MR) is 57.6 cm³/mol. The van der Waals surface area contributed by atoms with Crippen LogP contribution in [-0.2, 0) is 15.8 Å². The third-order valence-corrected chi connectivity index (χ3v) is 2.66. The largest absolute Gasteiger partial charge is 0.416 e. The van der Waals surface area contributed by atoms with Gasteiger partial charge < -0.3 is 0 Å². The minimum atomic E-state index is -4.51. The van der Waals surface area contributed by atoms with Gasteiger partial charge in [-0.15, -0.1) is 0 Å². The third kappa shape index (κ3) is 2.24. The van der Waals surface area contributed by atoms with Crippen LogP contribution in [-0.4, -0.2) is 11.8 Å². The van der Waals surface area contributed by atoms with E-state index in [4.69, 9.17) is 11.6 Å². The number of hydrogen-bond donors (Lipinski definition) is 1. The van der Waals surface area contributed by atoms with Crippen LogP contribution in [0, 0.1) is 0 Å². The summed E-state index contributed by atoms with van der Waals surface area (Å²) in [5, 5.41) is 1.75. The number of nitrogens with one attached hydrogen (secondary N) is 1. The Labute approximate surface area is 104 Å². The van der Waals surface area contributed by atoms with Crippen molar-refractivity contribution in [3.8, 4) is 0 Å². The molecule has 0 fully saturated rings. The SMILES string of the molecule is O=C1C=C(c2ccc(C(F)(F)F)cc2Cl)C(=O)N1. The summed E-state index contributed by atoms with van der Waals surface area (Å²) in [6, 6.07) is 2.58. The van der Waals surface area contributed by atoms with Crippen LogP contribution in [0.25, 0.3) is 5.57 Å². The normalized spacial score (nSPS) is 15.7. The van der Waals surface area contributed by atoms with Crippen molar-refractivity contribution in [1.29, 1.82) is 0 Å². The number of carbonyl (C=O) groups excluding carboxylic acids is 2. The van der Waals surface area contributed by atoms with Crippen molar-refractivity contribution in [2.45, 2.75) is 6.18 Å². The topological polar surface area (TPSA) is 46.2 Å². The second kappa shape index (κ2) is 4.13. The fraction of sp³-hybridized carbons (Fsp3) is 0.0909. The molecular weight excluding hydrogens is 271 g/mol. The molecule has 0 atom stereocenters. The molecule has 7 heteroatoms. The van der Waals surface area contributed by atoms with Crippen LogP contribution in [0.2, 0.25) is 5.02 Å². The second-order valence-corrected chi connectivity index (χ2v) is 3.98. The molecule has 3 nitrogen and oxygen atoms in total. The third-order valence-electron chi connectivity index (χ3n) is 2.34. The van der Waals surface area contributed by atoms with E-state index < -0.39 is 23.6 Å². The number of amides is 2. The lowest BCUT2D eigenvalue weighted by molar-refractivity contribution is -0.137. The molecule has 2 rings (SSSR count). The summed E-state index contributed by atoms with van der Waals surface area (Å²) in [7, 11) is 0. The smallest absolute Gasteiger partial charge is 0.289 e. The van der Waals surface area contributed by atoms with Gasteiger partial charge in [-0.05, 0) is 12.1 Å². The van der Waals surface area contributed by atoms with Crippen molar-refractivity contribution >= 4 is 29.0 Å². The molecule has 0 aliphatic carbocycles. The molecule has 1 aliphatic heterocycles. The summed E-state index contributed by atoms with van der Waals surface area (Å²) in [6.45, 7) is 0. The number of carbonyl (C=O) groups is 2. The van der Waals surface area contributed by atoms with Gasteiger partial charge in [-0.1, -0.05) is 17.7 Å². The first-order chi connectivity index (χ1) is 8.29. The average molecular weight is 276 g/mol. The Hall–Kier alpha value is -1.82. The number of benzene rings is 1. The quantitative estimate of drug-likeness (QED) is 0.800. The lowest BCUT2D eigenvalue weighted by Gasteiger charge is -2.09. The van der Waals surface area contributed by atoms with Gasteiger partial charge in [0.2, 0.25) is 0 Å². The van der Waals surface area contributed by atoms with Gasteiger partial charge in [0.25, 0.3) is 11.8 Å². The maximum Gasteiger partial charge on any atom is 0.416 e. The molecule has 1 aromatic rings. The van der Waals surface area contributed by atoms with Crippen LogP contribution in [0.15, 0.2) is 24.3 Å². The van der Waals surface area contributed by atoms with Gasteiger partial charge in [0.15, 0.2) is 0 Å². The number of alkyl halides is 3. The van der Waals surface area contributed by atoms with Gasteiger partial charge in [0, 0.05) is 16.7 Å². The molecule has 1 aliphatic rings. The maximum atomic E-state index is 12.4. The molecule has 1 N–H and O–H groups in total. The van der Waals surface area contributed by atoms with E-state index in [-0.39, 0.29) is 16.2 Å². The standard InChI is InChI=1S/C11H5ClF3NO2/c12-8-3-5(11(13,14)15)1-2-6(8)7-4-9(17)16-10(7)18/h1-4H,(H,16,17,18). The van der Waals surface area contributed by atoms with Crippen molar-refractivity contribution in [2.24, 2.45) is 0 Å². The average Bonchev–Trinajstić information content (AvgIpc) is 2.56. The van der Waals surface area contributed by atoms with Crippen molar-refractivity contribution in [2.75, 3.05) is 0 Å². The van der Waals surface area contributed by atoms with Gasteiger partial charge in [0.1, 0.15) is 0 Å². The maximum absolute atomic E-state index is 12.4. The fourth-order valence-corrected chi connectivity index (χ4v) is 1.80. The summed E-state index contributed by atoms with van der Waals surface area (Å²) in [6.07, 6.45) is -3.51. The highest BCUT2D eigenvalue weighted by Crippen LogP contribution is 2.34. The molecule has 18 heavy (non-hydrogen) atoms. The summed E-state index contributed by atoms with van der Waals surface area (Å²) in [4.78, 5) is 22.3. The Kier molecular flexibility index (Phi) is 2.90. The molecule has 0 saturated heterocycles. The monoisotopic (exact) mass is 275 g/mol. The van der Waals surface area contributed by atoms with Crippen molar-refractivity contribution in [3.05, 3.63) is 40.4 Å².